The van der Waals surface area contributed by atoms with Crippen LogP contribution in [0.15, 0.2) is 30.5 Å². The van der Waals surface area contributed by atoms with E-state index in [2.05, 4.69) is 27.9 Å². The molecule has 0 bridgehead atoms. The molecular formula is C31H44Cl2N4O5. The first kappa shape index (κ1) is 35.2. The van der Waals surface area contributed by atoms with Crippen LogP contribution >= 0.6 is 23.2 Å². The Bertz CT molecular complexity index is 1130. The van der Waals surface area contributed by atoms with Crippen LogP contribution in [0.25, 0.3) is 0 Å². The fourth-order valence-corrected chi connectivity index (χ4v) is 4.96. The van der Waals surface area contributed by atoms with Crippen LogP contribution in [0.2, 0.25) is 10.0 Å². The van der Waals surface area contributed by atoms with Crippen molar-refractivity contribution < 1.29 is 24.2 Å². The molecular weight excluding hydrogens is 579 g/mol. The number of anilines is 1. The van der Waals surface area contributed by atoms with Crippen LogP contribution in [0, 0.1) is 6.92 Å². The van der Waals surface area contributed by atoms with E-state index in [4.69, 9.17) is 27.9 Å². The Morgan fingerprint density at radius 1 is 0.952 bits per heavy atom. The number of benzene rings is 1. The van der Waals surface area contributed by atoms with Gasteiger partial charge in [-0.3, -0.25) is 14.4 Å². The number of pyridine rings is 1. The van der Waals surface area contributed by atoms with Gasteiger partial charge in [-0.15, -0.1) is 0 Å². The number of hydrogen-bond donors (Lipinski definition) is 4. The Morgan fingerprint density at radius 2 is 1.64 bits per heavy atom. The largest absolute Gasteiger partial charge is 0.490 e. The summed E-state index contributed by atoms with van der Waals surface area (Å²) in [5, 5.41) is 18.4. The predicted octanol–water partition coefficient (Wildman–Crippen LogP) is 6.86. The van der Waals surface area contributed by atoms with Gasteiger partial charge in [0.25, 0.3) is 0 Å². The van der Waals surface area contributed by atoms with Crippen LogP contribution in [0.3, 0.4) is 0 Å². The van der Waals surface area contributed by atoms with Gasteiger partial charge in [0.1, 0.15) is 5.82 Å². The summed E-state index contributed by atoms with van der Waals surface area (Å²) in [4.78, 5) is 40.5. The van der Waals surface area contributed by atoms with E-state index in [1.54, 1.807) is 18.3 Å². The van der Waals surface area contributed by atoms with Crippen LogP contribution < -0.4 is 20.7 Å². The molecule has 0 radical (unpaired) electrons. The summed E-state index contributed by atoms with van der Waals surface area (Å²) in [6, 6.07) is 6.09. The number of carbonyl (C=O) groups excluding carboxylic acids is 2. The number of nitrogens with zero attached hydrogens (tertiary/aromatic N) is 1. The average Bonchev–Trinajstić information content (AvgIpc) is 2.93. The van der Waals surface area contributed by atoms with Gasteiger partial charge in [0.05, 0.1) is 35.7 Å². The number of amides is 2. The molecule has 0 fully saturated rings. The summed E-state index contributed by atoms with van der Waals surface area (Å²) >= 11 is 12.9. The van der Waals surface area contributed by atoms with E-state index in [0.29, 0.717) is 30.9 Å². The van der Waals surface area contributed by atoms with Gasteiger partial charge in [0, 0.05) is 19.2 Å². The SMILES string of the molecule is CCCCCCCCCOc1c(Cl)cc(C(CC(=O)O)NC(=O)CNC(=O)CCCCNc2cc(C)ccn2)cc1Cl. The lowest BCUT2D eigenvalue weighted by atomic mass is 10.0. The standard InChI is InChI=1S/C31H44Cl2N4O5/c1-3-4-5-6-7-8-11-16-42-31-24(32)18-23(19-25(31)33)26(20-30(40)41)37-29(39)21-36-28(38)12-9-10-14-34-27-17-22(2)13-15-35-27/h13,15,17-19,26H,3-12,14,16,20-21H2,1-2H3,(H,34,35)(H,36,38)(H,37,39)(H,40,41). The van der Waals surface area contributed by atoms with Gasteiger partial charge in [-0.05, 0) is 61.6 Å². The van der Waals surface area contributed by atoms with E-state index in [1.165, 1.54) is 25.7 Å². The number of halogens is 2. The molecule has 2 rings (SSSR count). The first-order chi connectivity index (χ1) is 20.2. The molecule has 1 aromatic heterocycles. The van der Waals surface area contributed by atoms with E-state index in [9.17, 15) is 19.5 Å². The van der Waals surface area contributed by atoms with Gasteiger partial charge < -0.3 is 25.8 Å². The lowest BCUT2D eigenvalue weighted by Gasteiger charge is -2.20. The number of carbonyl (C=O) groups is 3. The molecule has 4 N–H and O–H groups in total. The highest BCUT2D eigenvalue weighted by Crippen LogP contribution is 2.36. The molecule has 2 aromatic rings. The molecule has 42 heavy (non-hydrogen) atoms. The van der Waals surface area contributed by atoms with Crippen LogP contribution in [-0.2, 0) is 14.4 Å². The van der Waals surface area contributed by atoms with Crippen molar-refractivity contribution in [2.24, 2.45) is 0 Å². The number of aliphatic carboxylic acids is 1. The Kier molecular flexibility index (Phi) is 16.7. The third kappa shape index (κ3) is 14.2. The number of carboxylic acid groups (broad SMARTS) is 1. The van der Waals surface area contributed by atoms with Gasteiger partial charge in [-0.1, -0.05) is 68.7 Å². The second kappa shape index (κ2) is 20.0. The van der Waals surface area contributed by atoms with E-state index >= 15 is 0 Å². The molecule has 1 unspecified atom stereocenters. The Labute approximate surface area is 259 Å². The second-order valence-corrected chi connectivity index (χ2v) is 11.2. The van der Waals surface area contributed by atoms with Crippen molar-refractivity contribution in [2.75, 3.05) is 25.0 Å². The van der Waals surface area contributed by atoms with Gasteiger partial charge in [-0.2, -0.15) is 0 Å². The fourth-order valence-electron chi connectivity index (χ4n) is 4.35. The van der Waals surface area contributed by atoms with Gasteiger partial charge in [0.2, 0.25) is 11.8 Å². The molecule has 0 aliphatic rings. The second-order valence-electron chi connectivity index (χ2n) is 10.4. The number of unbranched alkanes of at least 4 members (excludes halogenated alkanes) is 7. The van der Waals surface area contributed by atoms with Crippen molar-refractivity contribution in [1.82, 2.24) is 15.6 Å². The number of rotatable bonds is 21. The van der Waals surface area contributed by atoms with Crippen molar-refractivity contribution in [3.63, 3.8) is 0 Å². The van der Waals surface area contributed by atoms with E-state index < -0.39 is 17.9 Å². The maximum absolute atomic E-state index is 12.6. The van der Waals surface area contributed by atoms with Crippen molar-refractivity contribution in [3.05, 3.63) is 51.6 Å². The minimum atomic E-state index is -1.11. The smallest absolute Gasteiger partial charge is 0.305 e. The monoisotopic (exact) mass is 622 g/mol. The normalized spacial score (nSPS) is 11.5. The zero-order valence-electron chi connectivity index (χ0n) is 24.6. The van der Waals surface area contributed by atoms with Crippen molar-refractivity contribution in [1.29, 1.82) is 0 Å². The minimum absolute atomic E-state index is 0.242. The quantitative estimate of drug-likeness (QED) is 0.112. The molecule has 1 atom stereocenters. The molecule has 9 nitrogen and oxygen atoms in total. The summed E-state index contributed by atoms with van der Waals surface area (Å²) in [5.74, 6) is -0.757. The molecule has 0 aliphatic heterocycles. The maximum atomic E-state index is 12.6. The molecule has 0 spiro atoms. The zero-order chi connectivity index (χ0) is 30.7. The average molecular weight is 624 g/mol. The van der Waals surface area contributed by atoms with Crippen molar-refractivity contribution in [2.45, 2.75) is 90.5 Å². The zero-order valence-corrected chi connectivity index (χ0v) is 26.2. The van der Waals surface area contributed by atoms with Crippen molar-refractivity contribution in [3.8, 4) is 5.75 Å². The van der Waals surface area contributed by atoms with Gasteiger partial charge in [-0.25, -0.2) is 4.98 Å². The number of ether oxygens (including phenoxy) is 1. The molecule has 0 saturated carbocycles. The summed E-state index contributed by atoms with van der Waals surface area (Å²) in [6.07, 6.45) is 11.1. The minimum Gasteiger partial charge on any atom is -0.490 e. The molecule has 232 valence electrons. The maximum Gasteiger partial charge on any atom is 0.305 e. The Morgan fingerprint density at radius 3 is 2.31 bits per heavy atom. The number of aryl methyl sites for hydroxylation is 1. The van der Waals surface area contributed by atoms with Crippen molar-refractivity contribution >= 4 is 46.8 Å². The van der Waals surface area contributed by atoms with Gasteiger partial charge >= 0.3 is 5.97 Å². The topological polar surface area (TPSA) is 130 Å². The van der Waals surface area contributed by atoms with E-state index in [1.807, 2.05) is 19.1 Å². The van der Waals surface area contributed by atoms with Crippen LogP contribution in [-0.4, -0.2) is 47.6 Å². The molecule has 2 amide bonds. The van der Waals surface area contributed by atoms with E-state index in [0.717, 1.165) is 37.1 Å². The summed E-state index contributed by atoms with van der Waals surface area (Å²) in [7, 11) is 0. The van der Waals surface area contributed by atoms with Crippen LogP contribution in [0.1, 0.15) is 94.7 Å². The first-order valence-corrected chi connectivity index (χ1v) is 15.5. The summed E-state index contributed by atoms with van der Waals surface area (Å²) in [5.41, 5.74) is 1.55. The van der Waals surface area contributed by atoms with Crippen LogP contribution in [0.5, 0.6) is 5.75 Å². The fraction of sp³-hybridized carbons (Fsp3) is 0.548. The third-order valence-corrected chi connectivity index (χ3v) is 7.19. The number of hydrogen-bond acceptors (Lipinski definition) is 6. The van der Waals surface area contributed by atoms with Gasteiger partial charge in [0.15, 0.2) is 5.75 Å². The third-order valence-electron chi connectivity index (χ3n) is 6.63. The Balaban J connectivity index is 1.78. The Hall–Kier alpha value is -3.04. The highest BCUT2D eigenvalue weighted by Gasteiger charge is 2.21. The molecule has 1 heterocycles. The molecule has 1 aromatic carbocycles. The molecule has 0 aliphatic carbocycles. The lowest BCUT2D eigenvalue weighted by Crippen LogP contribution is -2.39. The first-order valence-electron chi connectivity index (χ1n) is 14.8. The highest BCUT2D eigenvalue weighted by atomic mass is 35.5. The lowest BCUT2D eigenvalue weighted by molar-refractivity contribution is -0.138. The number of nitrogens with one attached hydrogen (secondary N) is 3. The highest BCUT2D eigenvalue weighted by molar-refractivity contribution is 6.37. The molecule has 0 saturated heterocycles. The number of aromatic nitrogens is 1. The summed E-state index contributed by atoms with van der Waals surface area (Å²) in [6.45, 7) is 5.06. The predicted molar refractivity (Wildman–Crippen MR) is 167 cm³/mol. The number of carboxylic acids is 1. The van der Waals surface area contributed by atoms with Crippen LogP contribution in [0.4, 0.5) is 5.82 Å². The molecule has 11 heteroatoms. The summed E-state index contributed by atoms with van der Waals surface area (Å²) < 4.78 is 5.81. The van der Waals surface area contributed by atoms with E-state index in [-0.39, 0.29) is 35.3 Å².